The van der Waals surface area contributed by atoms with Crippen LogP contribution in [-0.2, 0) is 14.3 Å². The number of ether oxygens (including phenoxy) is 1. The molecule has 0 bridgehead atoms. The first-order chi connectivity index (χ1) is 9.99. The van der Waals surface area contributed by atoms with Gasteiger partial charge in [0.15, 0.2) is 0 Å². The number of carbonyl (C=O) groups is 2. The molecule has 1 unspecified atom stereocenters. The smallest absolute Gasteiger partial charge is 0.242 e. The first-order valence-electron chi connectivity index (χ1n) is 7.89. The fourth-order valence-corrected chi connectivity index (χ4v) is 2.53. The average molecular weight is 334 g/mol. The molecule has 2 fully saturated rings. The second kappa shape index (κ2) is 8.70. The molecule has 2 atom stereocenters. The van der Waals surface area contributed by atoms with E-state index in [9.17, 15) is 9.59 Å². The van der Waals surface area contributed by atoms with Gasteiger partial charge in [-0.1, -0.05) is 13.8 Å². The largest absolute Gasteiger partial charge is 0.381 e. The molecule has 1 aliphatic heterocycles. The second-order valence-corrected chi connectivity index (χ2v) is 6.49. The van der Waals surface area contributed by atoms with E-state index in [0.29, 0.717) is 12.0 Å². The van der Waals surface area contributed by atoms with Crippen LogP contribution >= 0.6 is 12.4 Å². The normalized spacial score (nSPS) is 22.1. The monoisotopic (exact) mass is 333 g/mol. The molecule has 0 aromatic heterocycles. The number of nitrogens with one attached hydrogen (secondary N) is 1. The van der Waals surface area contributed by atoms with Crippen molar-refractivity contribution < 1.29 is 14.3 Å². The van der Waals surface area contributed by atoms with Gasteiger partial charge in [-0.2, -0.15) is 0 Å². The third-order valence-corrected chi connectivity index (χ3v) is 4.22. The molecule has 1 heterocycles. The van der Waals surface area contributed by atoms with Gasteiger partial charge in [0.2, 0.25) is 11.8 Å². The Morgan fingerprint density at radius 1 is 1.32 bits per heavy atom. The van der Waals surface area contributed by atoms with E-state index >= 15 is 0 Å². The zero-order valence-electron chi connectivity index (χ0n) is 13.4. The van der Waals surface area contributed by atoms with Crippen molar-refractivity contribution in [3.63, 3.8) is 0 Å². The highest BCUT2D eigenvalue weighted by molar-refractivity contribution is 5.87. The highest BCUT2D eigenvalue weighted by atomic mass is 35.5. The number of hydrogen-bond donors (Lipinski definition) is 2. The molecule has 2 aliphatic rings. The maximum Gasteiger partial charge on any atom is 0.242 e. The summed E-state index contributed by atoms with van der Waals surface area (Å²) in [6, 6.07) is -0.204. The number of hydrogen-bond acceptors (Lipinski definition) is 4. The lowest BCUT2D eigenvalue weighted by Gasteiger charge is -2.25. The summed E-state index contributed by atoms with van der Waals surface area (Å²) in [5.74, 6) is 0.241. The van der Waals surface area contributed by atoms with Crippen LogP contribution in [0.4, 0.5) is 0 Å². The zero-order chi connectivity index (χ0) is 15.4. The summed E-state index contributed by atoms with van der Waals surface area (Å²) >= 11 is 0. The first-order valence-corrected chi connectivity index (χ1v) is 7.89. The van der Waals surface area contributed by atoms with E-state index in [1.807, 2.05) is 18.7 Å². The minimum atomic E-state index is -0.560. The average Bonchev–Trinajstić information content (AvgIpc) is 3.17. The van der Waals surface area contributed by atoms with Crippen LogP contribution in [0, 0.1) is 11.8 Å². The highest BCUT2D eigenvalue weighted by Crippen LogP contribution is 2.28. The van der Waals surface area contributed by atoms with Gasteiger partial charge in [0.1, 0.15) is 0 Å². The van der Waals surface area contributed by atoms with Gasteiger partial charge in [0, 0.05) is 25.1 Å². The standard InChI is InChI=1S/C15H27N3O3.ClH/c1-10(2)14(16)15(20)17-7-13(19)18(12-3-4-12)8-11-5-6-21-9-11;/h10-12,14H,3-9,16H2,1-2H3,(H,17,20);1H/t11?,14-;/m0./s1. The molecule has 0 aromatic rings. The van der Waals surface area contributed by atoms with Crippen molar-refractivity contribution in [1.29, 1.82) is 0 Å². The van der Waals surface area contributed by atoms with E-state index in [0.717, 1.165) is 39.0 Å². The predicted octanol–water partition coefficient (Wildman–Crippen LogP) is 0.535. The van der Waals surface area contributed by atoms with Crippen LogP contribution in [-0.4, -0.2) is 55.1 Å². The molecule has 0 aromatic carbocycles. The Morgan fingerprint density at radius 3 is 2.50 bits per heavy atom. The summed E-state index contributed by atoms with van der Waals surface area (Å²) in [5, 5.41) is 2.67. The number of nitrogens with two attached hydrogens (primary N) is 1. The summed E-state index contributed by atoms with van der Waals surface area (Å²) < 4.78 is 5.37. The molecular weight excluding hydrogens is 306 g/mol. The first kappa shape index (κ1) is 19.2. The molecule has 6 nitrogen and oxygen atoms in total. The number of amides is 2. The summed E-state index contributed by atoms with van der Waals surface area (Å²) in [4.78, 5) is 26.1. The van der Waals surface area contributed by atoms with Crippen LogP contribution in [0.5, 0.6) is 0 Å². The third-order valence-electron chi connectivity index (χ3n) is 4.22. The minimum Gasteiger partial charge on any atom is -0.381 e. The van der Waals surface area contributed by atoms with Crippen molar-refractivity contribution in [2.24, 2.45) is 17.6 Å². The van der Waals surface area contributed by atoms with E-state index < -0.39 is 6.04 Å². The van der Waals surface area contributed by atoms with Crippen LogP contribution < -0.4 is 11.1 Å². The molecule has 7 heteroatoms. The van der Waals surface area contributed by atoms with E-state index in [1.54, 1.807) is 0 Å². The predicted molar refractivity (Wildman–Crippen MR) is 86.7 cm³/mol. The maximum atomic E-state index is 12.3. The Kier molecular flexibility index (Phi) is 7.59. The number of halogens is 1. The molecule has 1 saturated carbocycles. The highest BCUT2D eigenvalue weighted by Gasteiger charge is 2.34. The molecule has 1 saturated heterocycles. The fraction of sp³-hybridized carbons (Fsp3) is 0.867. The molecule has 22 heavy (non-hydrogen) atoms. The Hall–Kier alpha value is -0.850. The van der Waals surface area contributed by atoms with Crippen molar-refractivity contribution >= 4 is 24.2 Å². The Morgan fingerprint density at radius 2 is 2.00 bits per heavy atom. The van der Waals surface area contributed by atoms with Crippen molar-refractivity contribution in [3.8, 4) is 0 Å². The quantitative estimate of drug-likeness (QED) is 0.712. The van der Waals surface area contributed by atoms with Gasteiger partial charge in [0.25, 0.3) is 0 Å². The van der Waals surface area contributed by atoms with Crippen LogP contribution in [0.25, 0.3) is 0 Å². The molecule has 0 radical (unpaired) electrons. The topological polar surface area (TPSA) is 84.7 Å². The number of nitrogens with zero attached hydrogens (tertiary/aromatic N) is 1. The van der Waals surface area contributed by atoms with Gasteiger partial charge in [-0.05, 0) is 25.2 Å². The lowest BCUT2D eigenvalue weighted by molar-refractivity contribution is -0.134. The third kappa shape index (κ3) is 5.41. The number of rotatable bonds is 7. The molecule has 128 valence electrons. The SMILES string of the molecule is CC(C)[C@H](N)C(=O)NCC(=O)N(CC1CCOC1)C1CC1.Cl. The van der Waals surface area contributed by atoms with Crippen molar-refractivity contribution in [3.05, 3.63) is 0 Å². The lowest BCUT2D eigenvalue weighted by atomic mass is 10.1. The molecule has 0 spiro atoms. The summed E-state index contributed by atoms with van der Waals surface area (Å²) in [6.07, 6.45) is 3.15. The molecule has 2 rings (SSSR count). The fourth-order valence-electron chi connectivity index (χ4n) is 2.53. The summed E-state index contributed by atoms with van der Waals surface area (Å²) in [7, 11) is 0. The van der Waals surface area contributed by atoms with Crippen LogP contribution in [0.3, 0.4) is 0 Å². The summed E-state index contributed by atoms with van der Waals surface area (Å²) in [5.41, 5.74) is 5.77. The maximum absolute atomic E-state index is 12.3. The molecule has 2 amide bonds. The van der Waals surface area contributed by atoms with Gasteiger partial charge in [-0.25, -0.2) is 0 Å². The Balaban J connectivity index is 0.00000242. The second-order valence-electron chi connectivity index (χ2n) is 6.49. The van der Waals surface area contributed by atoms with Crippen molar-refractivity contribution in [2.45, 2.75) is 45.2 Å². The lowest BCUT2D eigenvalue weighted by Crippen LogP contribution is -2.49. The van der Waals surface area contributed by atoms with E-state index in [1.165, 1.54) is 0 Å². The van der Waals surface area contributed by atoms with E-state index in [-0.39, 0.29) is 36.7 Å². The van der Waals surface area contributed by atoms with Crippen LogP contribution in [0.2, 0.25) is 0 Å². The molecule has 1 aliphatic carbocycles. The van der Waals surface area contributed by atoms with Gasteiger partial charge in [-0.15, -0.1) is 12.4 Å². The van der Waals surface area contributed by atoms with Crippen LogP contribution in [0.1, 0.15) is 33.1 Å². The Labute approximate surface area is 138 Å². The Bertz CT molecular complexity index is 382. The van der Waals surface area contributed by atoms with Gasteiger partial charge in [0.05, 0.1) is 19.2 Å². The van der Waals surface area contributed by atoms with E-state index in [2.05, 4.69) is 5.32 Å². The van der Waals surface area contributed by atoms with Gasteiger partial charge in [-0.3, -0.25) is 9.59 Å². The van der Waals surface area contributed by atoms with Gasteiger partial charge >= 0.3 is 0 Å². The molecular formula is C15H28ClN3O3. The number of carbonyl (C=O) groups excluding carboxylic acids is 2. The van der Waals surface area contributed by atoms with Crippen LogP contribution in [0.15, 0.2) is 0 Å². The van der Waals surface area contributed by atoms with Gasteiger partial charge < -0.3 is 20.7 Å². The van der Waals surface area contributed by atoms with Crippen molar-refractivity contribution in [2.75, 3.05) is 26.3 Å². The van der Waals surface area contributed by atoms with Crippen molar-refractivity contribution in [1.82, 2.24) is 10.2 Å². The zero-order valence-corrected chi connectivity index (χ0v) is 14.2. The molecule has 3 N–H and O–H groups in total. The van der Waals surface area contributed by atoms with E-state index in [4.69, 9.17) is 10.5 Å². The minimum absolute atomic E-state index is 0. The summed E-state index contributed by atoms with van der Waals surface area (Å²) in [6.45, 7) is 6.10.